The van der Waals surface area contributed by atoms with Gasteiger partial charge in [-0.25, -0.2) is 0 Å². The second kappa shape index (κ2) is 10.4. The first kappa shape index (κ1) is 22.0. The summed E-state index contributed by atoms with van der Waals surface area (Å²) < 4.78 is 6.03. The Kier molecular flexibility index (Phi) is 7.17. The van der Waals surface area contributed by atoms with Crippen LogP contribution >= 0.6 is 12.2 Å². The number of piperidine rings is 1. The van der Waals surface area contributed by atoms with Crippen molar-refractivity contribution >= 4 is 29.1 Å². The van der Waals surface area contributed by atoms with Crippen LogP contribution in [0.15, 0.2) is 66.7 Å². The highest BCUT2D eigenvalue weighted by Crippen LogP contribution is 2.27. The van der Waals surface area contributed by atoms with Crippen molar-refractivity contribution in [2.75, 3.05) is 23.3 Å². The highest BCUT2D eigenvalue weighted by atomic mass is 32.1. The average molecular weight is 448 g/mol. The van der Waals surface area contributed by atoms with Gasteiger partial charge >= 0.3 is 0 Å². The quantitative estimate of drug-likeness (QED) is 0.480. The molecule has 2 heterocycles. The second-order valence-electron chi connectivity index (χ2n) is 8.23. The molecule has 0 bridgehead atoms. The summed E-state index contributed by atoms with van der Waals surface area (Å²) in [4.78, 5) is 11.6. The topological polar surface area (TPSA) is 62.3 Å². The van der Waals surface area contributed by atoms with Crippen molar-refractivity contribution in [3.63, 3.8) is 0 Å². The Hall–Kier alpha value is -3.19. The molecule has 2 atom stereocenters. The molecule has 7 heteroatoms. The number of hydrogen-bond acceptors (Lipinski definition) is 5. The van der Waals surface area contributed by atoms with E-state index >= 15 is 0 Å². The number of aromatic nitrogens is 2. The van der Waals surface area contributed by atoms with Crippen molar-refractivity contribution in [3.8, 4) is 11.6 Å². The number of para-hydroxylation sites is 1. The summed E-state index contributed by atoms with van der Waals surface area (Å²) in [6.07, 6.45) is 2.39. The van der Waals surface area contributed by atoms with E-state index in [1.807, 2.05) is 54.6 Å². The molecule has 1 fully saturated rings. The molecule has 2 aromatic carbocycles. The smallest absolute Gasteiger partial charge is 0.234 e. The van der Waals surface area contributed by atoms with Gasteiger partial charge in [-0.05, 0) is 55.6 Å². The highest BCUT2D eigenvalue weighted by Gasteiger charge is 2.20. The number of hydrogen-bond donors (Lipinski definition) is 2. The summed E-state index contributed by atoms with van der Waals surface area (Å²) in [6.45, 7) is 6.28. The minimum atomic E-state index is 0.0577. The number of thiocarbonyl (C=S) groups is 1. The SMILES string of the molecule is C[C@H]1CCCN(c2cc(Oc3ccccc3)nc(NC(=S)N[C@@H](C)c3ccccc3)n2)C1. The molecule has 6 nitrogen and oxygen atoms in total. The Bertz CT molecular complexity index is 1030. The normalized spacial score (nSPS) is 16.8. The van der Waals surface area contributed by atoms with Gasteiger partial charge in [0.25, 0.3) is 0 Å². The van der Waals surface area contributed by atoms with Crippen LogP contribution in [0.1, 0.15) is 38.3 Å². The maximum Gasteiger partial charge on any atom is 0.234 e. The molecular formula is C25H29N5OS. The van der Waals surface area contributed by atoms with Crippen LogP contribution in [0.5, 0.6) is 11.6 Å². The molecule has 0 spiro atoms. The van der Waals surface area contributed by atoms with E-state index in [9.17, 15) is 0 Å². The number of nitrogens with one attached hydrogen (secondary N) is 2. The lowest BCUT2D eigenvalue weighted by molar-refractivity contribution is 0.440. The van der Waals surface area contributed by atoms with E-state index in [4.69, 9.17) is 21.9 Å². The molecule has 0 amide bonds. The molecule has 1 saturated heterocycles. The molecule has 4 rings (SSSR count). The standard InChI is InChI=1S/C25H29N5OS/c1-18-10-9-15-30(17-18)22-16-23(31-21-13-7-4-8-14-21)28-24(27-22)29-25(32)26-19(2)20-11-5-3-6-12-20/h3-8,11-14,16,18-19H,9-10,15,17H2,1-2H3,(H2,26,27,28,29,32)/t18-,19-/m0/s1. The van der Waals surface area contributed by atoms with Crippen LogP contribution in [0.25, 0.3) is 0 Å². The maximum absolute atomic E-state index is 6.03. The third-order valence-electron chi connectivity index (χ3n) is 5.51. The summed E-state index contributed by atoms with van der Waals surface area (Å²) in [5, 5.41) is 6.93. The molecule has 1 aliphatic heterocycles. The fraction of sp³-hybridized carbons (Fsp3) is 0.320. The number of rotatable bonds is 6. The lowest BCUT2D eigenvalue weighted by atomic mass is 10.0. The molecule has 2 N–H and O–H groups in total. The van der Waals surface area contributed by atoms with Crippen LogP contribution in [0.4, 0.5) is 11.8 Å². The zero-order chi connectivity index (χ0) is 22.3. The van der Waals surface area contributed by atoms with E-state index in [1.54, 1.807) is 0 Å². The van der Waals surface area contributed by atoms with Crippen LogP contribution < -0.4 is 20.3 Å². The Labute approximate surface area is 195 Å². The van der Waals surface area contributed by atoms with Crippen molar-refractivity contribution < 1.29 is 4.74 Å². The predicted molar refractivity (Wildman–Crippen MR) is 133 cm³/mol. The fourth-order valence-corrected chi connectivity index (χ4v) is 4.12. The Morgan fingerprint density at radius 1 is 1.09 bits per heavy atom. The number of ether oxygens (including phenoxy) is 1. The summed E-state index contributed by atoms with van der Waals surface area (Å²) >= 11 is 5.55. The third kappa shape index (κ3) is 5.95. The lowest BCUT2D eigenvalue weighted by Gasteiger charge is -2.32. The van der Waals surface area contributed by atoms with Crippen molar-refractivity contribution in [2.24, 2.45) is 5.92 Å². The van der Waals surface area contributed by atoms with E-state index in [-0.39, 0.29) is 6.04 Å². The molecule has 0 saturated carbocycles. The van der Waals surface area contributed by atoms with E-state index in [2.05, 4.69) is 46.5 Å². The van der Waals surface area contributed by atoms with E-state index < -0.39 is 0 Å². The van der Waals surface area contributed by atoms with E-state index in [1.165, 1.54) is 6.42 Å². The van der Waals surface area contributed by atoms with Crippen LogP contribution in [0, 0.1) is 5.92 Å². The molecule has 32 heavy (non-hydrogen) atoms. The van der Waals surface area contributed by atoms with E-state index in [0.29, 0.717) is 22.9 Å². The summed E-state index contributed by atoms with van der Waals surface area (Å²) in [5.41, 5.74) is 1.15. The van der Waals surface area contributed by atoms with Gasteiger partial charge < -0.3 is 20.3 Å². The second-order valence-corrected chi connectivity index (χ2v) is 8.64. The molecule has 3 aromatic rings. The van der Waals surface area contributed by atoms with Crippen LogP contribution in [-0.4, -0.2) is 28.2 Å². The largest absolute Gasteiger partial charge is 0.439 e. The van der Waals surface area contributed by atoms with Crippen molar-refractivity contribution in [2.45, 2.75) is 32.7 Å². The summed E-state index contributed by atoms with van der Waals surface area (Å²) in [5.74, 6) is 3.11. The summed E-state index contributed by atoms with van der Waals surface area (Å²) in [6, 6.07) is 21.8. The number of anilines is 2. The predicted octanol–water partition coefficient (Wildman–Crippen LogP) is 5.55. The monoisotopic (exact) mass is 447 g/mol. The Balaban J connectivity index is 1.53. The lowest BCUT2D eigenvalue weighted by Crippen LogP contribution is -2.35. The average Bonchev–Trinajstić information content (AvgIpc) is 2.80. The van der Waals surface area contributed by atoms with Crippen LogP contribution in [0.2, 0.25) is 0 Å². The molecule has 0 aliphatic carbocycles. The fourth-order valence-electron chi connectivity index (χ4n) is 3.85. The first-order valence-electron chi connectivity index (χ1n) is 11.1. The van der Waals surface area contributed by atoms with Crippen LogP contribution in [-0.2, 0) is 0 Å². The maximum atomic E-state index is 6.03. The Morgan fingerprint density at radius 2 is 1.81 bits per heavy atom. The molecule has 166 valence electrons. The van der Waals surface area contributed by atoms with Gasteiger partial charge in [0, 0.05) is 19.2 Å². The van der Waals surface area contributed by atoms with Crippen molar-refractivity contribution in [3.05, 3.63) is 72.3 Å². The Morgan fingerprint density at radius 3 is 2.53 bits per heavy atom. The van der Waals surface area contributed by atoms with Gasteiger partial charge in [0.1, 0.15) is 11.6 Å². The number of benzene rings is 2. The molecule has 0 radical (unpaired) electrons. The molecule has 1 aliphatic rings. The van der Waals surface area contributed by atoms with Crippen molar-refractivity contribution in [1.82, 2.24) is 15.3 Å². The minimum absolute atomic E-state index is 0.0577. The molecular weight excluding hydrogens is 418 g/mol. The zero-order valence-corrected chi connectivity index (χ0v) is 19.3. The zero-order valence-electron chi connectivity index (χ0n) is 18.5. The van der Waals surface area contributed by atoms with E-state index in [0.717, 1.165) is 36.6 Å². The third-order valence-corrected chi connectivity index (χ3v) is 5.73. The van der Waals surface area contributed by atoms with Crippen LogP contribution in [0.3, 0.4) is 0 Å². The van der Waals surface area contributed by atoms with Crippen molar-refractivity contribution in [1.29, 1.82) is 0 Å². The number of nitrogens with zero attached hydrogens (tertiary/aromatic N) is 3. The minimum Gasteiger partial charge on any atom is -0.439 e. The van der Waals surface area contributed by atoms with Gasteiger partial charge in [0.2, 0.25) is 11.8 Å². The first-order valence-corrected chi connectivity index (χ1v) is 11.5. The first-order chi connectivity index (χ1) is 15.6. The highest BCUT2D eigenvalue weighted by molar-refractivity contribution is 7.80. The summed E-state index contributed by atoms with van der Waals surface area (Å²) in [7, 11) is 0. The van der Waals surface area contributed by atoms with Gasteiger partial charge in [-0.15, -0.1) is 0 Å². The van der Waals surface area contributed by atoms with Gasteiger partial charge in [-0.1, -0.05) is 55.5 Å². The van der Waals surface area contributed by atoms with Gasteiger partial charge in [-0.2, -0.15) is 9.97 Å². The molecule has 1 aromatic heterocycles. The van der Waals surface area contributed by atoms with Gasteiger partial charge in [0.15, 0.2) is 5.11 Å². The van der Waals surface area contributed by atoms with Gasteiger partial charge in [-0.3, -0.25) is 0 Å². The van der Waals surface area contributed by atoms with Gasteiger partial charge in [0.05, 0.1) is 6.04 Å². The molecule has 0 unspecified atom stereocenters.